The second kappa shape index (κ2) is 9.09. The highest BCUT2D eigenvalue weighted by Crippen LogP contribution is 2.55. The topological polar surface area (TPSA) is 99.4 Å². The lowest BCUT2D eigenvalue weighted by molar-refractivity contribution is 0.353. The van der Waals surface area contributed by atoms with Crippen molar-refractivity contribution in [1.29, 1.82) is 0 Å². The minimum atomic E-state index is -0.598. The minimum Gasteiger partial charge on any atom is -0.508 e. The van der Waals surface area contributed by atoms with Crippen LogP contribution in [0.5, 0.6) is 40.2 Å². The molecule has 0 radical (unpaired) electrons. The number of aromatic hydroxyl groups is 4. The molecule has 4 N–H and O–H groups in total. The largest absolute Gasteiger partial charge is 0.508 e. The monoisotopic (exact) mass is 504 g/mol. The summed E-state index contributed by atoms with van der Waals surface area (Å²) in [7, 11) is 0. The lowest BCUT2D eigenvalue weighted by Crippen LogP contribution is -2.09. The number of phenolic OH excluding ortho intramolecular Hbond substituents is 4. The Bertz CT molecular complexity index is 1720. The normalized spacial score (nSPS) is 12.8. The highest BCUT2D eigenvalue weighted by atomic mass is 16.5. The summed E-state index contributed by atoms with van der Waals surface area (Å²) < 4.78 is 12.1. The molecular formula is C32H24O6. The summed E-state index contributed by atoms with van der Waals surface area (Å²) in [5.74, 6) is 1.02. The molecule has 1 aliphatic rings. The van der Waals surface area contributed by atoms with Crippen molar-refractivity contribution in [3.63, 3.8) is 0 Å². The first-order valence-electron chi connectivity index (χ1n) is 12.1. The van der Waals surface area contributed by atoms with Gasteiger partial charge in [0.05, 0.1) is 5.56 Å². The summed E-state index contributed by atoms with van der Waals surface area (Å²) in [6.07, 6.45) is 0.286. The van der Waals surface area contributed by atoms with Crippen LogP contribution in [-0.2, 0) is 6.42 Å². The molecule has 1 aliphatic heterocycles. The zero-order chi connectivity index (χ0) is 26.4. The second-order valence-corrected chi connectivity index (χ2v) is 9.23. The van der Waals surface area contributed by atoms with Crippen molar-refractivity contribution in [2.75, 3.05) is 0 Å². The molecule has 5 aromatic carbocycles. The van der Waals surface area contributed by atoms with E-state index in [-0.39, 0.29) is 17.7 Å². The number of para-hydroxylation sites is 1. The Balaban J connectivity index is 1.38. The summed E-state index contributed by atoms with van der Waals surface area (Å²) in [5.41, 5.74) is 2.99. The number of ether oxygens (including phenoxy) is 2. The van der Waals surface area contributed by atoms with Crippen LogP contribution >= 0.6 is 0 Å². The molecule has 6 nitrogen and oxygen atoms in total. The smallest absolute Gasteiger partial charge is 0.201 e. The maximum Gasteiger partial charge on any atom is 0.201 e. The van der Waals surface area contributed by atoms with Gasteiger partial charge in [0.2, 0.25) is 5.75 Å². The maximum atomic E-state index is 10.9. The van der Waals surface area contributed by atoms with Crippen molar-refractivity contribution in [3.8, 4) is 51.4 Å². The first kappa shape index (κ1) is 23.3. The Morgan fingerprint density at radius 2 is 1.32 bits per heavy atom. The quantitative estimate of drug-likeness (QED) is 0.189. The van der Waals surface area contributed by atoms with Crippen molar-refractivity contribution in [2.45, 2.75) is 13.3 Å². The molecule has 0 fully saturated rings. The van der Waals surface area contributed by atoms with Gasteiger partial charge in [0, 0.05) is 17.6 Å². The first-order chi connectivity index (χ1) is 18.4. The van der Waals surface area contributed by atoms with E-state index in [1.54, 1.807) is 24.3 Å². The van der Waals surface area contributed by atoms with Gasteiger partial charge in [-0.15, -0.1) is 0 Å². The van der Waals surface area contributed by atoms with E-state index in [0.29, 0.717) is 28.4 Å². The van der Waals surface area contributed by atoms with Gasteiger partial charge in [-0.25, -0.2) is 0 Å². The molecule has 5 aromatic rings. The van der Waals surface area contributed by atoms with Crippen molar-refractivity contribution < 1.29 is 29.9 Å². The predicted molar refractivity (Wildman–Crippen MR) is 146 cm³/mol. The van der Waals surface area contributed by atoms with Crippen LogP contribution in [0.15, 0.2) is 96.8 Å². The molecule has 6 rings (SSSR count). The van der Waals surface area contributed by atoms with Gasteiger partial charge >= 0.3 is 0 Å². The Labute approximate surface area is 218 Å². The maximum absolute atomic E-state index is 10.9. The van der Waals surface area contributed by atoms with E-state index in [1.165, 1.54) is 0 Å². The minimum absolute atomic E-state index is 0.157. The Kier molecular flexibility index (Phi) is 5.57. The van der Waals surface area contributed by atoms with Gasteiger partial charge in [0.25, 0.3) is 0 Å². The molecule has 0 spiro atoms. The Morgan fingerprint density at radius 1 is 0.658 bits per heavy atom. The summed E-state index contributed by atoms with van der Waals surface area (Å²) >= 11 is 0. The van der Waals surface area contributed by atoms with Crippen LogP contribution in [0.25, 0.3) is 27.5 Å². The molecule has 0 aliphatic carbocycles. The molecule has 38 heavy (non-hydrogen) atoms. The molecule has 0 aromatic heterocycles. The Hall–Kier alpha value is -5.10. The summed E-state index contributed by atoms with van der Waals surface area (Å²) in [6, 6.07) is 27.5. The molecule has 6 heteroatoms. The van der Waals surface area contributed by atoms with E-state index in [2.05, 4.69) is 0 Å². The number of benzene rings is 5. The van der Waals surface area contributed by atoms with Crippen molar-refractivity contribution in [2.24, 2.45) is 0 Å². The van der Waals surface area contributed by atoms with E-state index in [1.807, 2.05) is 73.7 Å². The van der Waals surface area contributed by atoms with Crippen LogP contribution in [0.2, 0.25) is 0 Å². The van der Waals surface area contributed by atoms with Crippen molar-refractivity contribution >= 4 is 16.3 Å². The van der Waals surface area contributed by atoms with Crippen LogP contribution in [0.1, 0.15) is 18.1 Å². The van der Waals surface area contributed by atoms with Gasteiger partial charge in [-0.3, -0.25) is 0 Å². The molecule has 0 bridgehead atoms. The zero-order valence-corrected chi connectivity index (χ0v) is 20.5. The SMILES string of the molecule is CC1=C(c2ccc(Oc3ccccc3)cc2)Cc2c(O)c(O)c(O)c(-c3ccc4cc(O)ccc4c3)c2O1. The van der Waals surface area contributed by atoms with Crippen LogP contribution < -0.4 is 9.47 Å². The molecule has 0 atom stereocenters. The predicted octanol–water partition coefficient (Wildman–Crippen LogP) is 7.49. The van der Waals surface area contributed by atoms with Crippen LogP contribution in [-0.4, -0.2) is 20.4 Å². The molecule has 188 valence electrons. The lowest BCUT2D eigenvalue weighted by Gasteiger charge is -2.26. The van der Waals surface area contributed by atoms with Gasteiger partial charge < -0.3 is 29.9 Å². The van der Waals surface area contributed by atoms with Gasteiger partial charge in [0.1, 0.15) is 28.8 Å². The highest BCUT2D eigenvalue weighted by molar-refractivity contribution is 5.93. The number of rotatable bonds is 4. The summed E-state index contributed by atoms with van der Waals surface area (Å²) in [4.78, 5) is 0. The molecule has 0 amide bonds. The van der Waals surface area contributed by atoms with E-state index < -0.39 is 17.2 Å². The van der Waals surface area contributed by atoms with E-state index in [9.17, 15) is 20.4 Å². The standard InChI is InChI=1S/C32H24O6/c1-18-26(19-10-13-25(14-11-19)38-24-5-3-2-4-6-24)17-27-29(34)31(36)30(35)28(32(27)37-18)22-8-7-21-16-23(33)12-9-20(21)15-22/h2-16,33-36H,17H2,1H3. The third-order valence-electron chi connectivity index (χ3n) is 6.80. The number of hydrogen-bond acceptors (Lipinski definition) is 6. The fourth-order valence-corrected chi connectivity index (χ4v) is 4.84. The number of fused-ring (bicyclic) bond motifs is 2. The second-order valence-electron chi connectivity index (χ2n) is 9.23. The van der Waals surface area contributed by atoms with Crippen molar-refractivity contribution in [1.82, 2.24) is 0 Å². The van der Waals surface area contributed by atoms with Crippen LogP contribution in [0.4, 0.5) is 0 Å². The Morgan fingerprint density at radius 3 is 2.08 bits per heavy atom. The fraction of sp³-hybridized carbons (Fsp3) is 0.0625. The molecular weight excluding hydrogens is 480 g/mol. The summed E-state index contributed by atoms with van der Waals surface area (Å²) in [6.45, 7) is 1.83. The van der Waals surface area contributed by atoms with Gasteiger partial charge in [-0.2, -0.15) is 0 Å². The van der Waals surface area contributed by atoms with Gasteiger partial charge in [-0.1, -0.05) is 48.5 Å². The summed E-state index contributed by atoms with van der Waals surface area (Å²) in [5, 5.41) is 43.7. The molecule has 0 saturated heterocycles. The van der Waals surface area contributed by atoms with E-state index >= 15 is 0 Å². The van der Waals surface area contributed by atoms with Crippen LogP contribution in [0, 0.1) is 0 Å². The highest BCUT2D eigenvalue weighted by Gasteiger charge is 2.30. The average Bonchev–Trinajstić information content (AvgIpc) is 2.93. The molecule has 0 saturated carbocycles. The number of phenols is 4. The van der Waals surface area contributed by atoms with E-state index in [4.69, 9.17) is 9.47 Å². The van der Waals surface area contributed by atoms with Gasteiger partial charge in [-0.05, 0) is 71.3 Å². The number of hydrogen-bond donors (Lipinski definition) is 4. The molecule has 1 heterocycles. The third-order valence-corrected chi connectivity index (χ3v) is 6.80. The van der Waals surface area contributed by atoms with Crippen molar-refractivity contribution in [3.05, 3.63) is 108 Å². The fourth-order valence-electron chi connectivity index (χ4n) is 4.84. The van der Waals surface area contributed by atoms with E-state index in [0.717, 1.165) is 27.7 Å². The number of allylic oxidation sites excluding steroid dienone is 2. The first-order valence-corrected chi connectivity index (χ1v) is 12.1. The van der Waals surface area contributed by atoms with Crippen LogP contribution in [0.3, 0.4) is 0 Å². The average molecular weight is 505 g/mol. The molecule has 0 unspecified atom stereocenters. The zero-order valence-electron chi connectivity index (χ0n) is 20.5. The van der Waals surface area contributed by atoms with Gasteiger partial charge in [0.15, 0.2) is 11.5 Å². The lowest BCUT2D eigenvalue weighted by atomic mass is 9.89. The third kappa shape index (κ3) is 4.02.